The van der Waals surface area contributed by atoms with Crippen LogP contribution in [-0.2, 0) is 20.1 Å². The Hall–Kier alpha value is -3.20. The van der Waals surface area contributed by atoms with Crippen molar-refractivity contribution in [3.63, 3.8) is 0 Å². The van der Waals surface area contributed by atoms with Crippen LogP contribution in [-0.4, -0.2) is 49.8 Å². The summed E-state index contributed by atoms with van der Waals surface area (Å²) in [5, 5.41) is 10.4. The van der Waals surface area contributed by atoms with E-state index >= 15 is 0 Å². The highest BCUT2D eigenvalue weighted by molar-refractivity contribution is 5.74. The van der Waals surface area contributed by atoms with E-state index in [4.69, 9.17) is 0 Å². The molecular formula is C22H29N7O2. The van der Waals surface area contributed by atoms with Crippen LogP contribution in [0.4, 0.5) is 4.79 Å². The van der Waals surface area contributed by atoms with E-state index < -0.39 is 0 Å². The van der Waals surface area contributed by atoms with Crippen LogP contribution in [0, 0.1) is 0 Å². The second kappa shape index (κ2) is 9.74. The third-order valence-corrected chi connectivity index (χ3v) is 5.66. The molecule has 4 rings (SSSR count). The van der Waals surface area contributed by atoms with E-state index in [1.165, 1.54) is 24.6 Å². The van der Waals surface area contributed by atoms with E-state index in [0.29, 0.717) is 16.9 Å². The molecule has 2 amide bonds. The molecule has 1 unspecified atom stereocenters. The number of benzene rings is 1. The van der Waals surface area contributed by atoms with Crippen LogP contribution >= 0.6 is 0 Å². The Bertz CT molecular complexity index is 1080. The van der Waals surface area contributed by atoms with Gasteiger partial charge in [0.1, 0.15) is 11.2 Å². The SMILES string of the molecule is Cn1ncc2c(=O)[nH]c(CNC(=O)NC3CCCCCN(Cc4ccccc4)C3)nc21. The molecule has 9 heteroatoms. The molecule has 2 aromatic heterocycles. The molecule has 1 saturated heterocycles. The molecule has 0 bridgehead atoms. The summed E-state index contributed by atoms with van der Waals surface area (Å²) in [5.41, 5.74) is 1.52. The van der Waals surface area contributed by atoms with Crippen molar-refractivity contribution in [1.29, 1.82) is 0 Å². The van der Waals surface area contributed by atoms with Gasteiger partial charge in [-0.1, -0.05) is 43.2 Å². The molecule has 31 heavy (non-hydrogen) atoms. The largest absolute Gasteiger partial charge is 0.334 e. The highest BCUT2D eigenvalue weighted by Crippen LogP contribution is 2.14. The maximum atomic E-state index is 12.5. The smallest absolute Gasteiger partial charge is 0.315 e. The van der Waals surface area contributed by atoms with Crippen molar-refractivity contribution in [3.8, 4) is 0 Å². The topological polar surface area (TPSA) is 108 Å². The van der Waals surface area contributed by atoms with Crippen molar-refractivity contribution in [2.75, 3.05) is 13.1 Å². The predicted molar refractivity (Wildman–Crippen MR) is 118 cm³/mol. The Kier molecular flexibility index (Phi) is 6.61. The Morgan fingerprint density at radius 1 is 1.23 bits per heavy atom. The number of aryl methyl sites for hydroxylation is 1. The van der Waals surface area contributed by atoms with Crippen LogP contribution in [0.5, 0.6) is 0 Å². The minimum absolute atomic E-state index is 0.0792. The molecule has 9 nitrogen and oxygen atoms in total. The number of hydrogen-bond donors (Lipinski definition) is 3. The third-order valence-electron chi connectivity index (χ3n) is 5.66. The van der Waals surface area contributed by atoms with E-state index in [9.17, 15) is 9.59 Å². The number of hydrogen-bond acceptors (Lipinski definition) is 5. The minimum atomic E-state index is -0.258. The van der Waals surface area contributed by atoms with Gasteiger partial charge in [-0.2, -0.15) is 5.10 Å². The number of aromatic amines is 1. The molecule has 3 N–H and O–H groups in total. The van der Waals surface area contributed by atoms with Gasteiger partial charge in [-0.3, -0.25) is 14.4 Å². The first-order valence-electron chi connectivity index (χ1n) is 10.8. The lowest BCUT2D eigenvalue weighted by molar-refractivity contribution is 0.199. The third kappa shape index (κ3) is 5.49. The maximum absolute atomic E-state index is 12.5. The number of nitrogens with zero attached hydrogens (tertiary/aromatic N) is 4. The van der Waals surface area contributed by atoms with Crippen molar-refractivity contribution in [3.05, 3.63) is 58.3 Å². The van der Waals surface area contributed by atoms with E-state index in [2.05, 4.69) is 54.9 Å². The Morgan fingerprint density at radius 3 is 2.90 bits per heavy atom. The predicted octanol–water partition coefficient (Wildman–Crippen LogP) is 1.90. The van der Waals surface area contributed by atoms with Gasteiger partial charge in [0, 0.05) is 26.2 Å². The molecule has 0 spiro atoms. The zero-order valence-electron chi connectivity index (χ0n) is 17.8. The van der Waals surface area contributed by atoms with Crippen LogP contribution in [0.2, 0.25) is 0 Å². The van der Waals surface area contributed by atoms with E-state index in [1.807, 2.05) is 6.07 Å². The summed E-state index contributed by atoms with van der Waals surface area (Å²) in [5.74, 6) is 0.402. The van der Waals surface area contributed by atoms with Crippen molar-refractivity contribution >= 4 is 17.1 Å². The van der Waals surface area contributed by atoms with Crippen molar-refractivity contribution < 1.29 is 4.79 Å². The zero-order valence-corrected chi connectivity index (χ0v) is 17.8. The van der Waals surface area contributed by atoms with Crippen molar-refractivity contribution in [2.24, 2.45) is 7.05 Å². The number of amides is 2. The number of rotatable bonds is 5. The molecular weight excluding hydrogens is 394 g/mol. The summed E-state index contributed by atoms with van der Waals surface area (Å²) in [6, 6.07) is 10.3. The van der Waals surface area contributed by atoms with E-state index in [-0.39, 0.29) is 24.2 Å². The molecule has 0 radical (unpaired) electrons. The van der Waals surface area contributed by atoms with E-state index in [1.54, 1.807) is 11.7 Å². The molecule has 1 aromatic carbocycles. The van der Waals surface area contributed by atoms with Gasteiger partial charge in [0.25, 0.3) is 5.56 Å². The van der Waals surface area contributed by atoms with Crippen LogP contribution in [0.25, 0.3) is 11.0 Å². The van der Waals surface area contributed by atoms with Gasteiger partial charge in [-0.15, -0.1) is 0 Å². The van der Waals surface area contributed by atoms with Gasteiger partial charge >= 0.3 is 6.03 Å². The summed E-state index contributed by atoms with van der Waals surface area (Å²) in [6.45, 7) is 2.88. The highest BCUT2D eigenvalue weighted by atomic mass is 16.2. The summed E-state index contributed by atoms with van der Waals surface area (Å²) in [6.07, 6.45) is 5.90. The number of likely N-dealkylation sites (tertiary alicyclic amines) is 1. The first-order chi connectivity index (χ1) is 15.1. The number of carbonyl (C=O) groups is 1. The number of aromatic nitrogens is 4. The molecule has 0 aliphatic carbocycles. The highest BCUT2D eigenvalue weighted by Gasteiger charge is 2.19. The van der Waals surface area contributed by atoms with Crippen LogP contribution in [0.3, 0.4) is 0 Å². The number of H-pyrrole nitrogens is 1. The van der Waals surface area contributed by atoms with E-state index in [0.717, 1.165) is 32.5 Å². The fourth-order valence-electron chi connectivity index (χ4n) is 4.06. The van der Waals surface area contributed by atoms with Gasteiger partial charge in [0.15, 0.2) is 5.65 Å². The first-order valence-corrected chi connectivity index (χ1v) is 10.8. The van der Waals surface area contributed by atoms with Crippen LogP contribution < -0.4 is 16.2 Å². The fraction of sp³-hybridized carbons (Fsp3) is 0.455. The van der Waals surface area contributed by atoms with Crippen molar-refractivity contribution in [2.45, 2.75) is 44.8 Å². The maximum Gasteiger partial charge on any atom is 0.315 e. The normalized spacial score (nSPS) is 17.8. The number of nitrogens with one attached hydrogen (secondary N) is 3. The number of urea groups is 1. The van der Waals surface area contributed by atoms with Crippen molar-refractivity contribution in [1.82, 2.24) is 35.3 Å². The van der Waals surface area contributed by atoms with Crippen LogP contribution in [0.15, 0.2) is 41.3 Å². The standard InChI is InChI=1S/C22H29N7O2/c1-28-20-18(12-24-28)21(30)27-19(26-20)13-23-22(31)25-17-10-6-3-7-11-29(15-17)14-16-8-4-2-5-9-16/h2,4-5,8-9,12,17H,3,6-7,10-11,13-15H2,1H3,(H2,23,25,31)(H,26,27,30). The molecule has 1 aliphatic rings. The lowest BCUT2D eigenvalue weighted by Crippen LogP contribution is -2.48. The zero-order chi connectivity index (χ0) is 21.6. The molecule has 1 atom stereocenters. The average Bonchev–Trinajstić information content (AvgIpc) is 3.12. The van der Waals surface area contributed by atoms with Crippen LogP contribution in [0.1, 0.15) is 37.1 Å². The monoisotopic (exact) mass is 423 g/mol. The summed E-state index contributed by atoms with van der Waals surface area (Å²) in [4.78, 5) is 34.2. The molecule has 0 saturated carbocycles. The molecule has 164 valence electrons. The summed E-state index contributed by atoms with van der Waals surface area (Å²) in [7, 11) is 1.73. The minimum Gasteiger partial charge on any atom is -0.334 e. The second-order valence-electron chi connectivity index (χ2n) is 8.11. The molecule has 1 aliphatic heterocycles. The van der Waals surface area contributed by atoms with Gasteiger partial charge in [0.2, 0.25) is 0 Å². The summed E-state index contributed by atoms with van der Waals surface area (Å²) < 4.78 is 1.55. The average molecular weight is 424 g/mol. The lowest BCUT2D eigenvalue weighted by Gasteiger charge is -2.30. The Morgan fingerprint density at radius 2 is 2.06 bits per heavy atom. The molecule has 3 aromatic rings. The second-order valence-corrected chi connectivity index (χ2v) is 8.11. The molecule has 1 fully saturated rings. The number of carbonyl (C=O) groups excluding carboxylic acids is 1. The van der Waals surface area contributed by atoms with Gasteiger partial charge in [-0.05, 0) is 24.9 Å². The van der Waals surface area contributed by atoms with Gasteiger partial charge in [-0.25, -0.2) is 9.78 Å². The quantitative estimate of drug-likeness (QED) is 0.581. The Labute approximate surface area is 180 Å². The first kappa shape index (κ1) is 21.0. The molecule has 3 heterocycles. The summed E-state index contributed by atoms with van der Waals surface area (Å²) >= 11 is 0. The van der Waals surface area contributed by atoms with Gasteiger partial charge < -0.3 is 15.6 Å². The Balaban J connectivity index is 1.34. The van der Waals surface area contributed by atoms with Gasteiger partial charge in [0.05, 0.1) is 12.7 Å². The lowest BCUT2D eigenvalue weighted by atomic mass is 10.0. The number of fused-ring (bicyclic) bond motifs is 1. The fourth-order valence-corrected chi connectivity index (χ4v) is 4.06.